The lowest BCUT2D eigenvalue weighted by Gasteiger charge is -2.40. The van der Waals surface area contributed by atoms with Crippen LogP contribution in [0.1, 0.15) is 18.5 Å². The minimum Gasteiger partial charge on any atom is -0.324 e. The van der Waals surface area contributed by atoms with Crippen LogP contribution < -0.4 is 5.73 Å². The molecule has 0 saturated heterocycles. The number of nitrogens with two attached hydrogens (primary N) is 1. The lowest BCUT2D eigenvalue weighted by atomic mass is 10.1. The van der Waals surface area contributed by atoms with Gasteiger partial charge in [-0.15, -0.1) is 0 Å². The van der Waals surface area contributed by atoms with E-state index in [4.69, 9.17) is 5.73 Å². The van der Waals surface area contributed by atoms with Crippen molar-refractivity contribution in [2.45, 2.75) is 17.9 Å². The van der Waals surface area contributed by atoms with Crippen LogP contribution in [-0.4, -0.2) is 0 Å². The third kappa shape index (κ3) is 2.62. The number of hydrogen-bond acceptors (Lipinski definition) is 1. The molecule has 0 aliphatic heterocycles. The minimum atomic E-state index is -9.99. The van der Waals surface area contributed by atoms with E-state index in [0.717, 1.165) is 6.07 Å². The standard InChI is InChI=1S/C8H9F6NS/c1-5(15)6-3-2-4-7(8(6)9)16(10,11,12,13)14/h2-5H,15H2,1H3/t5-/m1/s1. The molecule has 0 heterocycles. The molecule has 0 amide bonds. The number of hydrogen-bond donors (Lipinski definition) is 1. The largest absolute Gasteiger partial charge is 0.324 e. The van der Waals surface area contributed by atoms with Crippen molar-refractivity contribution in [3.05, 3.63) is 29.6 Å². The van der Waals surface area contributed by atoms with E-state index in [2.05, 4.69) is 0 Å². The summed E-state index contributed by atoms with van der Waals surface area (Å²) in [6.07, 6.45) is 0. The van der Waals surface area contributed by atoms with Crippen LogP contribution in [0.15, 0.2) is 23.1 Å². The first-order valence-corrected chi connectivity index (χ1v) is 6.06. The lowest BCUT2D eigenvalue weighted by molar-refractivity contribution is 0.354. The van der Waals surface area contributed by atoms with Crippen LogP contribution in [0.5, 0.6) is 0 Å². The Balaban J connectivity index is 3.57. The van der Waals surface area contributed by atoms with Gasteiger partial charge in [0.25, 0.3) is 0 Å². The van der Waals surface area contributed by atoms with Crippen molar-refractivity contribution in [3.63, 3.8) is 0 Å². The summed E-state index contributed by atoms with van der Waals surface area (Å²) in [7, 11) is -9.99. The summed E-state index contributed by atoms with van der Waals surface area (Å²) in [6, 6.07) is 0.560. The second-order valence-electron chi connectivity index (χ2n) is 3.42. The van der Waals surface area contributed by atoms with Crippen molar-refractivity contribution in [1.82, 2.24) is 0 Å². The van der Waals surface area contributed by atoms with Crippen molar-refractivity contribution >= 4 is 10.2 Å². The summed E-state index contributed by atoms with van der Waals surface area (Å²) < 4.78 is 75.1. The molecular weight excluding hydrogens is 256 g/mol. The van der Waals surface area contributed by atoms with E-state index in [1.807, 2.05) is 0 Å². The maximum Gasteiger partial charge on any atom is 0.313 e. The van der Waals surface area contributed by atoms with Crippen LogP contribution in [0, 0.1) is 5.82 Å². The van der Waals surface area contributed by atoms with E-state index >= 15 is 0 Å². The molecule has 0 aliphatic rings. The number of halogens is 6. The first kappa shape index (κ1) is 13.2. The van der Waals surface area contributed by atoms with Crippen molar-refractivity contribution < 1.29 is 23.8 Å². The molecule has 1 aromatic rings. The Morgan fingerprint density at radius 3 is 2.00 bits per heavy atom. The molecule has 8 heteroatoms. The summed E-state index contributed by atoms with van der Waals surface area (Å²) >= 11 is 0. The second kappa shape index (κ2) is 2.86. The summed E-state index contributed by atoms with van der Waals surface area (Å²) in [5.74, 6) is -2.00. The van der Waals surface area contributed by atoms with E-state index in [0.29, 0.717) is 6.07 Å². The van der Waals surface area contributed by atoms with Gasteiger partial charge in [0.1, 0.15) is 4.90 Å². The van der Waals surface area contributed by atoms with Gasteiger partial charge in [-0.25, -0.2) is 4.39 Å². The highest BCUT2D eigenvalue weighted by molar-refractivity contribution is 8.45. The molecule has 16 heavy (non-hydrogen) atoms. The van der Waals surface area contributed by atoms with Gasteiger partial charge in [0.2, 0.25) is 0 Å². The maximum atomic E-state index is 13.3. The number of rotatable bonds is 2. The summed E-state index contributed by atoms with van der Waals surface area (Å²) in [5.41, 5.74) is 4.58. The molecule has 0 aliphatic carbocycles. The van der Waals surface area contributed by atoms with Gasteiger partial charge in [-0.3, -0.25) is 0 Å². The third-order valence-electron chi connectivity index (χ3n) is 1.90. The molecule has 1 atom stereocenters. The Morgan fingerprint density at radius 2 is 1.62 bits per heavy atom. The van der Waals surface area contributed by atoms with E-state index < -0.39 is 32.5 Å². The summed E-state index contributed by atoms with van der Waals surface area (Å²) in [6.45, 7) is 1.20. The number of benzene rings is 1. The quantitative estimate of drug-likeness (QED) is 0.782. The third-order valence-corrected chi connectivity index (χ3v) is 3.05. The molecule has 0 fully saturated rings. The molecule has 0 unspecified atom stereocenters. The van der Waals surface area contributed by atoms with Gasteiger partial charge in [0, 0.05) is 11.6 Å². The first-order valence-electron chi connectivity index (χ1n) is 4.11. The van der Waals surface area contributed by atoms with Crippen LogP contribution in [0.3, 0.4) is 0 Å². The average Bonchev–Trinajstić information content (AvgIpc) is 1.98. The summed E-state index contributed by atoms with van der Waals surface area (Å²) in [5, 5.41) is 0. The molecule has 0 bridgehead atoms. The van der Waals surface area contributed by atoms with Gasteiger partial charge in [0.05, 0.1) is 0 Å². The SMILES string of the molecule is C[C@@H](N)c1cccc(S(F)(F)(F)(F)F)c1F. The fraction of sp³-hybridized carbons (Fsp3) is 0.250. The molecule has 0 aromatic heterocycles. The second-order valence-corrected chi connectivity index (χ2v) is 5.79. The minimum absolute atomic E-state index is 0.0166. The van der Waals surface area contributed by atoms with E-state index in [1.165, 1.54) is 6.92 Å². The van der Waals surface area contributed by atoms with Crippen LogP contribution in [0.4, 0.5) is 23.8 Å². The zero-order chi connectivity index (χ0) is 12.8. The Bertz CT molecular complexity index is 423. The van der Waals surface area contributed by atoms with E-state index in [-0.39, 0.29) is 6.07 Å². The molecule has 0 radical (unpaired) electrons. The van der Waals surface area contributed by atoms with Crippen LogP contribution in [-0.2, 0) is 0 Å². The van der Waals surface area contributed by atoms with Crippen molar-refractivity contribution in [2.24, 2.45) is 5.73 Å². The van der Waals surface area contributed by atoms with Crippen LogP contribution in [0.25, 0.3) is 0 Å². The predicted molar refractivity (Wildman–Crippen MR) is 50.4 cm³/mol. The van der Waals surface area contributed by atoms with Gasteiger partial charge in [-0.1, -0.05) is 31.6 Å². The fourth-order valence-electron chi connectivity index (χ4n) is 1.18. The highest BCUT2D eigenvalue weighted by atomic mass is 32.5. The van der Waals surface area contributed by atoms with Crippen molar-refractivity contribution in [1.29, 1.82) is 0 Å². The molecule has 2 N–H and O–H groups in total. The van der Waals surface area contributed by atoms with Crippen LogP contribution >= 0.6 is 10.2 Å². The van der Waals surface area contributed by atoms with E-state index in [1.54, 1.807) is 0 Å². The topological polar surface area (TPSA) is 26.0 Å². The molecule has 1 nitrogen and oxygen atoms in total. The van der Waals surface area contributed by atoms with Gasteiger partial charge < -0.3 is 5.73 Å². The van der Waals surface area contributed by atoms with E-state index in [9.17, 15) is 23.8 Å². The Hall–Kier alpha value is -0.890. The molecule has 0 spiro atoms. The average molecular weight is 265 g/mol. The Morgan fingerprint density at radius 1 is 1.12 bits per heavy atom. The zero-order valence-electron chi connectivity index (χ0n) is 8.06. The first-order chi connectivity index (χ1) is 6.83. The van der Waals surface area contributed by atoms with Gasteiger partial charge >= 0.3 is 10.2 Å². The van der Waals surface area contributed by atoms with Gasteiger partial charge in [-0.2, -0.15) is 0 Å². The van der Waals surface area contributed by atoms with Gasteiger partial charge in [0.15, 0.2) is 5.82 Å². The highest BCUT2D eigenvalue weighted by Crippen LogP contribution is 3.02. The lowest BCUT2D eigenvalue weighted by Crippen LogP contribution is -2.13. The predicted octanol–water partition coefficient (Wildman–Crippen LogP) is 4.50. The Labute approximate surface area is 88.0 Å². The maximum absolute atomic E-state index is 13.3. The fourth-order valence-corrected chi connectivity index (χ4v) is 1.97. The molecular formula is C8H9F6NS. The Kier molecular flexibility index (Phi) is 2.36. The molecule has 1 rings (SSSR count). The smallest absolute Gasteiger partial charge is 0.313 e. The van der Waals surface area contributed by atoms with Crippen LogP contribution in [0.2, 0.25) is 0 Å². The van der Waals surface area contributed by atoms with Crippen molar-refractivity contribution in [2.75, 3.05) is 0 Å². The van der Waals surface area contributed by atoms with Crippen molar-refractivity contribution in [3.8, 4) is 0 Å². The zero-order valence-corrected chi connectivity index (χ0v) is 8.88. The summed E-state index contributed by atoms with van der Waals surface area (Å²) in [4.78, 5) is -2.52. The monoisotopic (exact) mass is 265 g/mol. The van der Waals surface area contributed by atoms with Gasteiger partial charge in [-0.05, 0) is 13.0 Å². The molecule has 0 saturated carbocycles. The molecule has 94 valence electrons. The normalized spacial score (nSPS) is 18.8. The molecule has 1 aromatic carbocycles. The highest BCUT2D eigenvalue weighted by Gasteiger charge is 2.67.